The Morgan fingerprint density at radius 1 is 1.20 bits per heavy atom. The highest BCUT2D eigenvalue weighted by molar-refractivity contribution is 5.78. The lowest BCUT2D eigenvalue weighted by Crippen LogP contribution is -2.39. The van der Waals surface area contributed by atoms with E-state index in [1.807, 2.05) is 48.3 Å². The summed E-state index contributed by atoms with van der Waals surface area (Å²) in [5.41, 5.74) is 4.52. The van der Waals surface area contributed by atoms with E-state index in [0.717, 1.165) is 30.0 Å². The molecule has 6 heteroatoms. The van der Waals surface area contributed by atoms with E-state index in [9.17, 15) is 4.79 Å². The molecule has 1 aromatic heterocycles. The van der Waals surface area contributed by atoms with Crippen LogP contribution < -0.4 is 10.1 Å². The lowest BCUT2D eigenvalue weighted by atomic mass is 10.1. The lowest BCUT2D eigenvalue weighted by Gasteiger charge is -2.21. The maximum Gasteiger partial charge on any atom is 0.234 e. The fourth-order valence-corrected chi connectivity index (χ4v) is 3.80. The molecule has 30 heavy (non-hydrogen) atoms. The number of hydrogen-bond acceptors (Lipinski definition) is 4. The van der Waals surface area contributed by atoms with Crippen molar-refractivity contribution in [2.45, 2.75) is 39.6 Å². The molecule has 1 aliphatic rings. The van der Waals surface area contributed by atoms with E-state index >= 15 is 0 Å². The van der Waals surface area contributed by atoms with Gasteiger partial charge in [-0.25, -0.2) is 0 Å². The van der Waals surface area contributed by atoms with Crippen LogP contribution in [0.25, 0.3) is 0 Å². The number of amides is 1. The fraction of sp³-hybridized carbons (Fsp3) is 0.333. The Kier molecular flexibility index (Phi) is 6.14. The van der Waals surface area contributed by atoms with Crippen LogP contribution in [-0.2, 0) is 24.4 Å². The highest BCUT2D eigenvalue weighted by Gasteiger charge is 2.21. The van der Waals surface area contributed by atoms with E-state index in [-0.39, 0.29) is 12.0 Å². The standard InChI is InChI=1S/C24H28N4O2/c1-18-8-9-23-22(10-18)16-27(13-19(2)30-23)17-24(29)25-11-21-12-26-28(15-21)14-20-6-4-3-5-7-20/h3-10,12,15,19H,11,13-14,16-17H2,1-2H3,(H,25,29)/t19-/m1/s1. The zero-order valence-electron chi connectivity index (χ0n) is 17.5. The second-order valence-electron chi connectivity index (χ2n) is 8.02. The number of nitrogens with one attached hydrogen (secondary N) is 1. The first-order valence-electron chi connectivity index (χ1n) is 10.4. The number of ether oxygens (including phenoxy) is 1. The molecule has 0 fully saturated rings. The van der Waals surface area contributed by atoms with Crippen LogP contribution in [-0.4, -0.2) is 39.8 Å². The van der Waals surface area contributed by atoms with Crippen molar-refractivity contribution >= 4 is 5.91 Å². The minimum absolute atomic E-state index is 0.00844. The second-order valence-corrected chi connectivity index (χ2v) is 8.02. The van der Waals surface area contributed by atoms with Crippen LogP contribution >= 0.6 is 0 Å². The molecule has 2 aromatic carbocycles. The zero-order chi connectivity index (χ0) is 20.9. The molecule has 1 N–H and O–H groups in total. The van der Waals surface area contributed by atoms with Gasteiger partial charge < -0.3 is 10.1 Å². The Balaban J connectivity index is 1.30. The van der Waals surface area contributed by atoms with Crippen LogP contribution in [0.2, 0.25) is 0 Å². The molecule has 0 saturated carbocycles. The van der Waals surface area contributed by atoms with Gasteiger partial charge in [-0.1, -0.05) is 48.0 Å². The SMILES string of the molecule is Cc1ccc2c(c1)CN(CC(=O)NCc1cnn(Cc3ccccc3)c1)C[C@@H](C)O2. The summed E-state index contributed by atoms with van der Waals surface area (Å²) < 4.78 is 7.91. The van der Waals surface area contributed by atoms with Crippen molar-refractivity contribution in [1.29, 1.82) is 0 Å². The normalized spacial score (nSPS) is 16.4. The van der Waals surface area contributed by atoms with Gasteiger partial charge in [0, 0.05) is 37.0 Å². The van der Waals surface area contributed by atoms with Crippen LogP contribution in [0.4, 0.5) is 0 Å². The van der Waals surface area contributed by atoms with Gasteiger partial charge in [0.25, 0.3) is 0 Å². The maximum absolute atomic E-state index is 12.6. The largest absolute Gasteiger partial charge is 0.489 e. The number of fused-ring (bicyclic) bond motifs is 1. The molecule has 1 atom stereocenters. The molecule has 4 rings (SSSR count). The molecule has 0 saturated heterocycles. The van der Waals surface area contributed by atoms with Crippen molar-refractivity contribution in [2.24, 2.45) is 0 Å². The van der Waals surface area contributed by atoms with E-state index in [4.69, 9.17) is 4.74 Å². The second kappa shape index (κ2) is 9.13. The smallest absolute Gasteiger partial charge is 0.234 e. The molecule has 1 amide bonds. The van der Waals surface area contributed by atoms with Gasteiger partial charge in [-0.05, 0) is 25.5 Å². The molecule has 1 aliphatic heterocycles. The van der Waals surface area contributed by atoms with Crippen molar-refractivity contribution < 1.29 is 9.53 Å². The third kappa shape index (κ3) is 5.27. The third-order valence-corrected chi connectivity index (χ3v) is 5.18. The Morgan fingerprint density at radius 2 is 2.03 bits per heavy atom. The first-order valence-corrected chi connectivity index (χ1v) is 10.4. The number of nitrogens with zero attached hydrogens (tertiary/aromatic N) is 3. The summed E-state index contributed by atoms with van der Waals surface area (Å²) >= 11 is 0. The molecule has 2 heterocycles. The number of hydrogen-bond donors (Lipinski definition) is 1. The minimum Gasteiger partial charge on any atom is -0.489 e. The van der Waals surface area contributed by atoms with Crippen LogP contribution in [0, 0.1) is 6.92 Å². The number of aromatic nitrogens is 2. The average molecular weight is 405 g/mol. The summed E-state index contributed by atoms with van der Waals surface area (Å²) in [6.07, 6.45) is 3.83. The van der Waals surface area contributed by atoms with Crippen molar-refractivity contribution in [3.8, 4) is 5.75 Å². The Hall–Kier alpha value is -3.12. The Bertz CT molecular complexity index is 999. The van der Waals surface area contributed by atoms with E-state index in [2.05, 4.69) is 46.5 Å². The zero-order valence-corrected chi connectivity index (χ0v) is 17.5. The van der Waals surface area contributed by atoms with E-state index < -0.39 is 0 Å². The Labute approximate surface area is 177 Å². The first-order chi connectivity index (χ1) is 14.5. The van der Waals surface area contributed by atoms with Gasteiger partial charge in [-0.15, -0.1) is 0 Å². The quantitative estimate of drug-likeness (QED) is 0.686. The van der Waals surface area contributed by atoms with Gasteiger partial charge in [0.05, 0.1) is 19.3 Å². The summed E-state index contributed by atoms with van der Waals surface area (Å²) in [6.45, 7) is 7.09. The van der Waals surface area contributed by atoms with Gasteiger partial charge >= 0.3 is 0 Å². The van der Waals surface area contributed by atoms with Gasteiger partial charge in [0.15, 0.2) is 0 Å². The summed E-state index contributed by atoms with van der Waals surface area (Å²) in [5, 5.41) is 7.42. The number of benzene rings is 2. The van der Waals surface area contributed by atoms with Crippen molar-refractivity contribution in [2.75, 3.05) is 13.1 Å². The van der Waals surface area contributed by atoms with Crippen molar-refractivity contribution in [3.05, 3.63) is 83.2 Å². The van der Waals surface area contributed by atoms with Crippen LogP contribution in [0.1, 0.15) is 29.2 Å². The molecule has 0 unspecified atom stereocenters. The molecule has 0 radical (unpaired) electrons. The summed E-state index contributed by atoms with van der Waals surface area (Å²) in [7, 11) is 0. The van der Waals surface area contributed by atoms with Crippen molar-refractivity contribution in [1.82, 2.24) is 20.0 Å². The summed E-state index contributed by atoms with van der Waals surface area (Å²) in [5.74, 6) is 0.927. The minimum atomic E-state index is 0.00844. The lowest BCUT2D eigenvalue weighted by molar-refractivity contribution is -0.122. The summed E-state index contributed by atoms with van der Waals surface area (Å²) in [6, 6.07) is 16.4. The topological polar surface area (TPSA) is 59.4 Å². The van der Waals surface area contributed by atoms with E-state index in [0.29, 0.717) is 19.6 Å². The predicted molar refractivity (Wildman–Crippen MR) is 116 cm³/mol. The van der Waals surface area contributed by atoms with Gasteiger partial charge in [0.1, 0.15) is 11.9 Å². The molecule has 6 nitrogen and oxygen atoms in total. The molecule has 0 bridgehead atoms. The number of carbonyl (C=O) groups is 1. The van der Waals surface area contributed by atoms with Crippen LogP contribution in [0.3, 0.4) is 0 Å². The molecule has 0 spiro atoms. The highest BCUT2D eigenvalue weighted by Crippen LogP contribution is 2.26. The number of aryl methyl sites for hydroxylation is 1. The maximum atomic E-state index is 12.6. The summed E-state index contributed by atoms with van der Waals surface area (Å²) in [4.78, 5) is 14.7. The number of rotatable bonds is 6. The average Bonchev–Trinajstić information content (AvgIpc) is 3.10. The monoisotopic (exact) mass is 404 g/mol. The van der Waals surface area contributed by atoms with Crippen LogP contribution in [0.15, 0.2) is 60.9 Å². The molecule has 0 aliphatic carbocycles. The predicted octanol–water partition coefficient (Wildman–Crippen LogP) is 3.14. The first kappa shape index (κ1) is 20.2. The Morgan fingerprint density at radius 3 is 2.87 bits per heavy atom. The van der Waals surface area contributed by atoms with Gasteiger partial charge in [0.2, 0.25) is 5.91 Å². The molecule has 156 valence electrons. The highest BCUT2D eigenvalue weighted by atomic mass is 16.5. The fourth-order valence-electron chi connectivity index (χ4n) is 3.80. The number of carbonyl (C=O) groups excluding carboxylic acids is 1. The van der Waals surface area contributed by atoms with Crippen molar-refractivity contribution in [3.63, 3.8) is 0 Å². The van der Waals surface area contributed by atoms with E-state index in [1.165, 1.54) is 11.1 Å². The van der Waals surface area contributed by atoms with Gasteiger partial charge in [-0.2, -0.15) is 5.10 Å². The molecular formula is C24H28N4O2. The van der Waals surface area contributed by atoms with Gasteiger partial charge in [-0.3, -0.25) is 14.4 Å². The third-order valence-electron chi connectivity index (χ3n) is 5.18. The molecular weight excluding hydrogens is 376 g/mol. The van der Waals surface area contributed by atoms with E-state index in [1.54, 1.807) is 0 Å². The van der Waals surface area contributed by atoms with Crippen LogP contribution in [0.5, 0.6) is 5.75 Å². The molecule has 3 aromatic rings.